The van der Waals surface area contributed by atoms with E-state index in [1.807, 2.05) is 30.4 Å². The van der Waals surface area contributed by atoms with E-state index in [0.717, 1.165) is 19.6 Å². The standard InChI is InChI=1S/C16H18N4S/c1-19(11-16-8-18-13-21-16)9-14-2-4-15(5-3-14)10-20-7-6-17-12-20/h2-8,12-13H,9-11H2,1H3. The Bertz CT molecular complexity index is 644. The van der Waals surface area contributed by atoms with Crippen molar-refractivity contribution < 1.29 is 0 Å². The minimum atomic E-state index is 0.872. The molecule has 0 unspecified atom stereocenters. The van der Waals surface area contributed by atoms with Crippen LogP contribution in [-0.2, 0) is 19.6 Å². The zero-order chi connectivity index (χ0) is 14.5. The van der Waals surface area contributed by atoms with Crippen LogP contribution in [0.25, 0.3) is 0 Å². The average Bonchev–Trinajstić information content (AvgIpc) is 3.14. The van der Waals surface area contributed by atoms with Gasteiger partial charge in [-0.1, -0.05) is 24.3 Å². The van der Waals surface area contributed by atoms with Crippen molar-refractivity contribution in [1.29, 1.82) is 0 Å². The zero-order valence-electron chi connectivity index (χ0n) is 12.0. The van der Waals surface area contributed by atoms with Crippen molar-refractivity contribution in [3.8, 4) is 0 Å². The maximum absolute atomic E-state index is 4.11. The summed E-state index contributed by atoms with van der Waals surface area (Å²) in [5, 5.41) is 0. The molecule has 0 aliphatic heterocycles. The van der Waals surface area contributed by atoms with Crippen LogP contribution in [0.15, 0.2) is 54.7 Å². The molecule has 0 bridgehead atoms. The first kappa shape index (κ1) is 14.0. The molecule has 5 heteroatoms. The van der Waals surface area contributed by atoms with Gasteiger partial charge in [0, 0.05) is 43.1 Å². The predicted octanol–water partition coefficient (Wildman–Crippen LogP) is 3.02. The summed E-state index contributed by atoms with van der Waals surface area (Å²) in [7, 11) is 2.14. The Morgan fingerprint density at radius 2 is 1.90 bits per heavy atom. The van der Waals surface area contributed by atoms with E-state index in [9.17, 15) is 0 Å². The summed E-state index contributed by atoms with van der Waals surface area (Å²) in [6.07, 6.45) is 7.58. The van der Waals surface area contributed by atoms with E-state index in [-0.39, 0.29) is 0 Å². The maximum Gasteiger partial charge on any atom is 0.0949 e. The molecule has 0 spiro atoms. The Kier molecular flexibility index (Phi) is 4.43. The van der Waals surface area contributed by atoms with Crippen molar-refractivity contribution in [3.63, 3.8) is 0 Å². The fourth-order valence-electron chi connectivity index (χ4n) is 2.29. The van der Waals surface area contributed by atoms with Gasteiger partial charge in [0.1, 0.15) is 0 Å². The topological polar surface area (TPSA) is 34.0 Å². The average molecular weight is 298 g/mol. The first-order valence-electron chi connectivity index (χ1n) is 6.89. The molecule has 4 nitrogen and oxygen atoms in total. The molecule has 0 N–H and O–H groups in total. The van der Waals surface area contributed by atoms with Crippen LogP contribution in [0.4, 0.5) is 0 Å². The Morgan fingerprint density at radius 1 is 1.10 bits per heavy atom. The lowest BCUT2D eigenvalue weighted by Crippen LogP contribution is -2.16. The van der Waals surface area contributed by atoms with Gasteiger partial charge in [0.15, 0.2) is 0 Å². The van der Waals surface area contributed by atoms with Gasteiger partial charge in [0.2, 0.25) is 0 Å². The molecule has 0 amide bonds. The first-order valence-corrected chi connectivity index (χ1v) is 7.77. The van der Waals surface area contributed by atoms with Crippen LogP contribution >= 0.6 is 11.3 Å². The minimum absolute atomic E-state index is 0.872. The third-order valence-corrected chi connectivity index (χ3v) is 4.07. The quantitative estimate of drug-likeness (QED) is 0.701. The number of hydrogen-bond acceptors (Lipinski definition) is 4. The zero-order valence-corrected chi connectivity index (χ0v) is 12.8. The number of rotatable bonds is 6. The summed E-state index contributed by atoms with van der Waals surface area (Å²) in [4.78, 5) is 11.8. The van der Waals surface area contributed by atoms with Crippen molar-refractivity contribution in [1.82, 2.24) is 19.4 Å². The molecule has 2 aromatic heterocycles. The van der Waals surface area contributed by atoms with Crippen LogP contribution in [0.1, 0.15) is 16.0 Å². The third-order valence-electron chi connectivity index (χ3n) is 3.31. The van der Waals surface area contributed by atoms with Gasteiger partial charge in [0.25, 0.3) is 0 Å². The smallest absolute Gasteiger partial charge is 0.0949 e. The fourth-order valence-corrected chi connectivity index (χ4v) is 2.97. The second-order valence-corrected chi connectivity index (χ2v) is 6.16. The minimum Gasteiger partial charge on any atom is -0.333 e. The Morgan fingerprint density at radius 3 is 2.57 bits per heavy atom. The molecule has 0 aliphatic carbocycles. The van der Waals surface area contributed by atoms with Crippen LogP contribution in [0.3, 0.4) is 0 Å². The van der Waals surface area contributed by atoms with Crippen molar-refractivity contribution in [2.75, 3.05) is 7.05 Å². The number of benzene rings is 1. The highest BCUT2D eigenvalue weighted by Crippen LogP contribution is 2.12. The number of nitrogens with zero attached hydrogens (tertiary/aromatic N) is 4. The molecule has 2 heterocycles. The summed E-state index contributed by atoms with van der Waals surface area (Å²) in [6, 6.07) is 8.79. The predicted molar refractivity (Wildman–Crippen MR) is 85.1 cm³/mol. The molecular weight excluding hydrogens is 280 g/mol. The van der Waals surface area contributed by atoms with E-state index >= 15 is 0 Å². The second kappa shape index (κ2) is 6.65. The lowest BCUT2D eigenvalue weighted by Gasteiger charge is -2.15. The van der Waals surface area contributed by atoms with Gasteiger partial charge in [-0.2, -0.15) is 0 Å². The fraction of sp³-hybridized carbons (Fsp3) is 0.250. The number of thiazole rings is 1. The van der Waals surface area contributed by atoms with Crippen molar-refractivity contribution in [2.24, 2.45) is 0 Å². The Hall–Kier alpha value is -1.98. The van der Waals surface area contributed by atoms with E-state index in [1.165, 1.54) is 16.0 Å². The molecule has 0 atom stereocenters. The molecule has 3 rings (SSSR count). The van der Waals surface area contributed by atoms with Crippen LogP contribution in [-0.4, -0.2) is 26.5 Å². The van der Waals surface area contributed by atoms with Crippen LogP contribution in [0.2, 0.25) is 0 Å². The van der Waals surface area contributed by atoms with E-state index in [4.69, 9.17) is 0 Å². The van der Waals surface area contributed by atoms with Crippen molar-refractivity contribution >= 4 is 11.3 Å². The molecular formula is C16H18N4S. The largest absolute Gasteiger partial charge is 0.333 e. The van der Waals surface area contributed by atoms with Crippen LogP contribution in [0.5, 0.6) is 0 Å². The third kappa shape index (κ3) is 4.00. The summed E-state index contributed by atoms with van der Waals surface area (Å²) in [5.74, 6) is 0. The summed E-state index contributed by atoms with van der Waals surface area (Å²) in [6.45, 7) is 2.77. The van der Waals surface area contributed by atoms with Crippen LogP contribution in [0, 0.1) is 0 Å². The van der Waals surface area contributed by atoms with Gasteiger partial charge in [0.05, 0.1) is 11.8 Å². The Balaban J connectivity index is 1.56. The summed E-state index contributed by atoms with van der Waals surface area (Å²) >= 11 is 1.70. The van der Waals surface area contributed by atoms with Gasteiger partial charge in [-0.05, 0) is 18.2 Å². The summed E-state index contributed by atoms with van der Waals surface area (Å²) in [5.41, 5.74) is 4.51. The highest BCUT2D eigenvalue weighted by atomic mass is 32.1. The van der Waals surface area contributed by atoms with Gasteiger partial charge in [-0.15, -0.1) is 11.3 Å². The number of imidazole rings is 1. The molecule has 0 fully saturated rings. The monoisotopic (exact) mass is 298 g/mol. The molecule has 1 aromatic carbocycles. The SMILES string of the molecule is CN(Cc1ccc(Cn2ccnc2)cc1)Cc1cncs1. The molecule has 21 heavy (non-hydrogen) atoms. The van der Waals surface area contributed by atoms with Gasteiger partial charge >= 0.3 is 0 Å². The van der Waals surface area contributed by atoms with Gasteiger partial charge in [-0.25, -0.2) is 4.98 Å². The molecule has 108 valence electrons. The van der Waals surface area contributed by atoms with Gasteiger partial charge in [-0.3, -0.25) is 9.88 Å². The summed E-state index contributed by atoms with van der Waals surface area (Å²) < 4.78 is 2.07. The maximum atomic E-state index is 4.11. The van der Waals surface area contributed by atoms with Crippen LogP contribution < -0.4 is 0 Å². The van der Waals surface area contributed by atoms with E-state index < -0.39 is 0 Å². The molecule has 3 aromatic rings. The van der Waals surface area contributed by atoms with Crippen molar-refractivity contribution in [3.05, 3.63) is 70.7 Å². The number of hydrogen-bond donors (Lipinski definition) is 0. The lowest BCUT2D eigenvalue weighted by molar-refractivity contribution is 0.322. The van der Waals surface area contributed by atoms with E-state index in [2.05, 4.69) is 50.7 Å². The Labute approximate surface area is 128 Å². The second-order valence-electron chi connectivity index (χ2n) is 5.19. The molecule has 0 radical (unpaired) electrons. The highest BCUT2D eigenvalue weighted by Gasteiger charge is 2.03. The van der Waals surface area contributed by atoms with Crippen molar-refractivity contribution in [2.45, 2.75) is 19.6 Å². The molecule has 0 saturated heterocycles. The van der Waals surface area contributed by atoms with Gasteiger partial charge < -0.3 is 4.57 Å². The molecule has 0 saturated carbocycles. The molecule has 0 aliphatic rings. The van der Waals surface area contributed by atoms with E-state index in [1.54, 1.807) is 11.3 Å². The first-order chi connectivity index (χ1) is 10.3. The number of aromatic nitrogens is 3. The lowest BCUT2D eigenvalue weighted by atomic mass is 10.1. The van der Waals surface area contributed by atoms with E-state index in [0.29, 0.717) is 0 Å². The normalized spacial score (nSPS) is 11.1. The highest BCUT2D eigenvalue weighted by molar-refractivity contribution is 7.09.